The van der Waals surface area contributed by atoms with Crippen LogP contribution in [0.2, 0.25) is 0 Å². The summed E-state index contributed by atoms with van der Waals surface area (Å²) in [5.74, 6) is 0.759. The van der Waals surface area contributed by atoms with Gasteiger partial charge in [0, 0.05) is 0 Å². The Morgan fingerprint density at radius 3 is 2.44 bits per heavy atom. The first kappa shape index (κ1) is 12.2. The van der Waals surface area contributed by atoms with Crippen molar-refractivity contribution in [1.29, 1.82) is 0 Å². The molecule has 0 atom stereocenters. The number of phenols is 1. The second-order valence-electron chi connectivity index (χ2n) is 3.75. The van der Waals surface area contributed by atoms with Crippen LogP contribution >= 0.6 is 0 Å². The quantitative estimate of drug-likeness (QED) is 0.903. The highest BCUT2D eigenvalue weighted by molar-refractivity contribution is 5.41. The molecule has 0 heterocycles. The standard InChI is InChI=1S/C14H13FO3/c1-17-14-7-2-10(8-13(14)16)9-18-12-5-3-11(15)4-6-12/h2-8,16H,9H2,1H3. The van der Waals surface area contributed by atoms with Crippen molar-refractivity contribution < 1.29 is 19.0 Å². The van der Waals surface area contributed by atoms with Gasteiger partial charge in [-0.15, -0.1) is 0 Å². The van der Waals surface area contributed by atoms with Gasteiger partial charge in [-0.1, -0.05) is 6.07 Å². The average molecular weight is 248 g/mol. The zero-order valence-corrected chi connectivity index (χ0v) is 9.89. The van der Waals surface area contributed by atoms with E-state index in [1.54, 1.807) is 30.3 Å². The number of hydrogen-bond donors (Lipinski definition) is 1. The zero-order valence-electron chi connectivity index (χ0n) is 9.89. The van der Waals surface area contributed by atoms with E-state index in [1.807, 2.05) is 0 Å². The third kappa shape index (κ3) is 2.91. The molecule has 0 saturated heterocycles. The van der Waals surface area contributed by atoms with E-state index in [0.717, 1.165) is 5.56 Å². The summed E-state index contributed by atoms with van der Waals surface area (Å²) in [4.78, 5) is 0. The van der Waals surface area contributed by atoms with Crippen LogP contribution in [0.25, 0.3) is 0 Å². The lowest BCUT2D eigenvalue weighted by atomic mass is 10.2. The Morgan fingerprint density at radius 2 is 1.83 bits per heavy atom. The lowest BCUT2D eigenvalue weighted by Gasteiger charge is -2.08. The molecule has 0 bridgehead atoms. The minimum absolute atomic E-state index is 0.0673. The van der Waals surface area contributed by atoms with E-state index in [2.05, 4.69) is 0 Å². The highest BCUT2D eigenvalue weighted by Crippen LogP contribution is 2.26. The number of phenolic OH excluding ortho intramolecular Hbond substituents is 1. The number of hydrogen-bond acceptors (Lipinski definition) is 3. The Hall–Kier alpha value is -2.23. The molecule has 94 valence electrons. The summed E-state index contributed by atoms with van der Waals surface area (Å²) in [7, 11) is 1.49. The summed E-state index contributed by atoms with van der Waals surface area (Å²) in [5, 5.41) is 9.59. The van der Waals surface area contributed by atoms with Crippen LogP contribution in [-0.4, -0.2) is 12.2 Å². The number of benzene rings is 2. The van der Waals surface area contributed by atoms with Crippen molar-refractivity contribution in [2.45, 2.75) is 6.61 Å². The molecule has 2 aromatic carbocycles. The minimum atomic E-state index is -0.301. The Balaban J connectivity index is 2.02. The van der Waals surface area contributed by atoms with Gasteiger partial charge >= 0.3 is 0 Å². The van der Waals surface area contributed by atoms with Crippen LogP contribution < -0.4 is 9.47 Å². The topological polar surface area (TPSA) is 38.7 Å². The molecule has 4 heteroatoms. The Bertz CT molecular complexity index is 523. The van der Waals surface area contributed by atoms with Gasteiger partial charge < -0.3 is 14.6 Å². The number of rotatable bonds is 4. The van der Waals surface area contributed by atoms with Crippen LogP contribution in [0.3, 0.4) is 0 Å². The van der Waals surface area contributed by atoms with Crippen LogP contribution in [0.5, 0.6) is 17.2 Å². The summed E-state index contributed by atoms with van der Waals surface area (Å²) < 4.78 is 23.1. The first-order valence-electron chi connectivity index (χ1n) is 5.43. The van der Waals surface area contributed by atoms with Crippen LogP contribution in [0.4, 0.5) is 4.39 Å². The van der Waals surface area contributed by atoms with Crippen molar-refractivity contribution in [3.63, 3.8) is 0 Å². The molecule has 0 fully saturated rings. The van der Waals surface area contributed by atoms with Crippen molar-refractivity contribution >= 4 is 0 Å². The van der Waals surface area contributed by atoms with Gasteiger partial charge in [0.1, 0.15) is 18.2 Å². The fourth-order valence-corrected chi connectivity index (χ4v) is 1.52. The fraction of sp³-hybridized carbons (Fsp3) is 0.143. The first-order valence-corrected chi connectivity index (χ1v) is 5.43. The molecule has 0 radical (unpaired) electrons. The zero-order chi connectivity index (χ0) is 13.0. The van der Waals surface area contributed by atoms with Gasteiger partial charge in [0.05, 0.1) is 7.11 Å². The van der Waals surface area contributed by atoms with Gasteiger partial charge in [-0.25, -0.2) is 4.39 Å². The Labute approximate surface area is 104 Å². The van der Waals surface area contributed by atoms with Crippen molar-refractivity contribution in [2.75, 3.05) is 7.11 Å². The molecule has 2 rings (SSSR count). The molecule has 1 N–H and O–H groups in total. The third-order valence-electron chi connectivity index (χ3n) is 2.46. The second kappa shape index (κ2) is 5.40. The molecule has 0 aliphatic rings. The molecule has 0 aliphatic carbocycles. The summed E-state index contributed by atoms with van der Waals surface area (Å²) in [6, 6.07) is 10.8. The molecule has 0 aromatic heterocycles. The SMILES string of the molecule is COc1ccc(COc2ccc(F)cc2)cc1O. The highest BCUT2D eigenvalue weighted by atomic mass is 19.1. The van der Waals surface area contributed by atoms with Gasteiger partial charge in [-0.05, 0) is 42.0 Å². The molecular weight excluding hydrogens is 235 g/mol. The minimum Gasteiger partial charge on any atom is -0.504 e. The molecule has 0 spiro atoms. The fourth-order valence-electron chi connectivity index (χ4n) is 1.52. The van der Waals surface area contributed by atoms with Crippen molar-refractivity contribution in [3.05, 3.63) is 53.8 Å². The van der Waals surface area contributed by atoms with E-state index in [4.69, 9.17) is 9.47 Å². The van der Waals surface area contributed by atoms with Gasteiger partial charge in [-0.2, -0.15) is 0 Å². The van der Waals surface area contributed by atoms with Gasteiger partial charge in [-0.3, -0.25) is 0 Å². The maximum absolute atomic E-state index is 12.7. The molecular formula is C14H13FO3. The van der Waals surface area contributed by atoms with E-state index < -0.39 is 0 Å². The summed E-state index contributed by atoms with van der Waals surface area (Å²) in [6.07, 6.45) is 0. The molecule has 18 heavy (non-hydrogen) atoms. The number of ether oxygens (including phenoxy) is 2. The van der Waals surface area contributed by atoms with Crippen molar-refractivity contribution in [3.8, 4) is 17.2 Å². The maximum atomic E-state index is 12.7. The summed E-state index contributed by atoms with van der Waals surface area (Å²) in [6.45, 7) is 0.295. The smallest absolute Gasteiger partial charge is 0.160 e. The molecule has 0 unspecified atom stereocenters. The normalized spacial score (nSPS) is 10.1. The summed E-state index contributed by atoms with van der Waals surface area (Å²) in [5.41, 5.74) is 0.803. The predicted octanol–water partition coefficient (Wildman–Crippen LogP) is 3.12. The van der Waals surface area contributed by atoms with Gasteiger partial charge in [0.25, 0.3) is 0 Å². The molecule has 0 amide bonds. The number of methoxy groups -OCH3 is 1. The molecule has 3 nitrogen and oxygen atoms in total. The average Bonchev–Trinajstić information content (AvgIpc) is 2.38. The highest BCUT2D eigenvalue weighted by Gasteiger charge is 2.03. The van der Waals surface area contributed by atoms with Crippen LogP contribution in [0, 0.1) is 5.82 Å². The van der Waals surface area contributed by atoms with Crippen molar-refractivity contribution in [1.82, 2.24) is 0 Å². The summed E-state index contributed by atoms with van der Waals surface area (Å²) >= 11 is 0. The van der Waals surface area contributed by atoms with Crippen LogP contribution in [0.1, 0.15) is 5.56 Å². The monoisotopic (exact) mass is 248 g/mol. The Morgan fingerprint density at radius 1 is 1.11 bits per heavy atom. The molecule has 0 saturated carbocycles. The van der Waals surface area contributed by atoms with E-state index in [1.165, 1.54) is 19.2 Å². The van der Waals surface area contributed by atoms with E-state index in [0.29, 0.717) is 18.1 Å². The van der Waals surface area contributed by atoms with Gasteiger partial charge in [0.15, 0.2) is 11.5 Å². The van der Waals surface area contributed by atoms with E-state index in [9.17, 15) is 9.50 Å². The lowest BCUT2D eigenvalue weighted by Crippen LogP contribution is -1.95. The largest absolute Gasteiger partial charge is 0.504 e. The number of halogens is 1. The predicted molar refractivity (Wildman–Crippen MR) is 65.4 cm³/mol. The lowest BCUT2D eigenvalue weighted by molar-refractivity contribution is 0.304. The second-order valence-corrected chi connectivity index (χ2v) is 3.75. The Kier molecular flexibility index (Phi) is 3.67. The first-order chi connectivity index (χ1) is 8.69. The maximum Gasteiger partial charge on any atom is 0.160 e. The molecule has 0 aliphatic heterocycles. The van der Waals surface area contributed by atoms with Crippen LogP contribution in [-0.2, 0) is 6.61 Å². The van der Waals surface area contributed by atoms with Crippen molar-refractivity contribution in [2.24, 2.45) is 0 Å². The van der Waals surface area contributed by atoms with Crippen LogP contribution in [0.15, 0.2) is 42.5 Å². The molecule has 2 aromatic rings. The van der Waals surface area contributed by atoms with E-state index >= 15 is 0 Å². The van der Waals surface area contributed by atoms with E-state index in [-0.39, 0.29) is 11.6 Å². The third-order valence-corrected chi connectivity index (χ3v) is 2.46. The van der Waals surface area contributed by atoms with Gasteiger partial charge in [0.2, 0.25) is 0 Å². The number of aromatic hydroxyl groups is 1.